The Morgan fingerprint density at radius 1 is 0.286 bits per heavy atom. The number of hydrogen-bond acceptors (Lipinski definition) is 2. The van der Waals surface area contributed by atoms with Crippen molar-refractivity contribution in [3.05, 3.63) is 269 Å². The number of aromatic nitrogens is 3. The highest BCUT2D eigenvalue weighted by atomic mass is 15.2. The van der Waals surface area contributed by atoms with Crippen molar-refractivity contribution >= 4 is 21.8 Å². The Labute approximate surface area is 365 Å². The third kappa shape index (κ3) is 4.38. The van der Waals surface area contributed by atoms with Crippen LogP contribution in [0.5, 0.6) is 0 Å². The molecule has 0 saturated carbocycles. The van der Waals surface area contributed by atoms with Gasteiger partial charge in [0, 0.05) is 21.9 Å². The molecule has 3 aliphatic carbocycles. The van der Waals surface area contributed by atoms with E-state index in [0.29, 0.717) is 5.95 Å². The fraction of sp³-hybridized carbons (Fsp3) is 0.0333. The van der Waals surface area contributed by atoms with Gasteiger partial charge in [-0.05, 0) is 91.0 Å². The maximum atomic E-state index is 5.46. The predicted octanol–water partition coefficient (Wildman–Crippen LogP) is 13.9. The van der Waals surface area contributed by atoms with E-state index in [1.165, 1.54) is 77.5 Å². The lowest BCUT2D eigenvalue weighted by molar-refractivity contribution is 0.634. The number of para-hydroxylation sites is 1. The van der Waals surface area contributed by atoms with Gasteiger partial charge in [0.05, 0.1) is 33.3 Å². The lowest BCUT2D eigenvalue weighted by atomic mass is 9.52. The Morgan fingerprint density at radius 2 is 0.667 bits per heavy atom. The molecule has 0 atom stereocenters. The Kier molecular flexibility index (Phi) is 6.97. The summed E-state index contributed by atoms with van der Waals surface area (Å²) in [5.41, 5.74) is 20.4. The first-order valence-electron chi connectivity index (χ1n) is 21.8. The molecule has 11 aromatic rings. The summed E-state index contributed by atoms with van der Waals surface area (Å²) >= 11 is 0. The zero-order chi connectivity index (χ0) is 41.3. The Hall–Kier alpha value is -8.14. The van der Waals surface area contributed by atoms with Crippen molar-refractivity contribution < 1.29 is 0 Å². The summed E-state index contributed by atoms with van der Waals surface area (Å²) in [4.78, 5) is 10.9. The predicted molar refractivity (Wildman–Crippen MR) is 255 cm³/mol. The van der Waals surface area contributed by atoms with Crippen molar-refractivity contribution in [2.45, 2.75) is 10.8 Å². The highest BCUT2D eigenvalue weighted by Gasteiger charge is 2.59. The molecule has 0 fully saturated rings. The van der Waals surface area contributed by atoms with Gasteiger partial charge in [-0.1, -0.05) is 200 Å². The van der Waals surface area contributed by atoms with E-state index in [1.54, 1.807) is 0 Å². The van der Waals surface area contributed by atoms with Crippen LogP contribution in [0.2, 0.25) is 0 Å². The first-order valence-corrected chi connectivity index (χ1v) is 21.8. The van der Waals surface area contributed by atoms with Gasteiger partial charge in [-0.25, -0.2) is 9.97 Å². The summed E-state index contributed by atoms with van der Waals surface area (Å²) in [6, 6.07) is 82.8. The second-order valence-electron chi connectivity index (χ2n) is 17.2. The van der Waals surface area contributed by atoms with E-state index < -0.39 is 10.8 Å². The summed E-state index contributed by atoms with van der Waals surface area (Å²) in [6.45, 7) is 0. The minimum Gasteiger partial charge on any atom is -0.278 e. The Balaban J connectivity index is 1.19. The maximum Gasteiger partial charge on any atom is 0.235 e. The molecular weight excluding hydrogens is 763 g/mol. The van der Waals surface area contributed by atoms with E-state index in [4.69, 9.17) is 9.97 Å². The van der Waals surface area contributed by atoms with Crippen LogP contribution in [0, 0.1) is 0 Å². The van der Waals surface area contributed by atoms with Crippen molar-refractivity contribution in [3.8, 4) is 50.7 Å². The van der Waals surface area contributed by atoms with Gasteiger partial charge in [-0.15, -0.1) is 0 Å². The van der Waals surface area contributed by atoms with Crippen LogP contribution in [0.4, 0.5) is 0 Å². The number of rotatable bonds is 3. The van der Waals surface area contributed by atoms with Crippen LogP contribution in [0.3, 0.4) is 0 Å². The van der Waals surface area contributed by atoms with Gasteiger partial charge in [0.1, 0.15) is 0 Å². The minimum absolute atomic E-state index is 0.585. The summed E-state index contributed by atoms with van der Waals surface area (Å²) in [5.74, 6) is 0.644. The lowest BCUT2D eigenvalue weighted by Crippen LogP contribution is -2.43. The summed E-state index contributed by atoms with van der Waals surface area (Å²) < 4.78 is 2.33. The van der Waals surface area contributed by atoms with E-state index in [1.807, 2.05) is 0 Å². The molecular formula is C60H37N3. The lowest BCUT2D eigenvalue weighted by Gasteiger charge is -2.49. The molecule has 9 aromatic carbocycles. The zero-order valence-corrected chi connectivity index (χ0v) is 34.2. The first kappa shape index (κ1) is 34.6. The number of nitrogens with zero attached hydrogens (tertiary/aromatic N) is 3. The smallest absolute Gasteiger partial charge is 0.235 e. The largest absolute Gasteiger partial charge is 0.278 e. The molecule has 14 rings (SSSR count). The topological polar surface area (TPSA) is 30.7 Å². The number of benzene rings is 9. The molecule has 3 aliphatic rings. The molecule has 2 spiro atoms. The van der Waals surface area contributed by atoms with Crippen LogP contribution in [-0.2, 0) is 10.8 Å². The SMILES string of the molecule is c1ccc(-c2cc(-c3ccccc3)nc(-n3c4ccccc4c4cc5c(cc43)C3(c4ccccc4-c4ccccc43)c3ccccc3C53c4ccccc4-c4ccccc43)n2)cc1. The summed E-state index contributed by atoms with van der Waals surface area (Å²) in [6.07, 6.45) is 0. The molecule has 0 aliphatic heterocycles. The molecule has 2 aromatic heterocycles. The second-order valence-corrected chi connectivity index (χ2v) is 17.2. The monoisotopic (exact) mass is 799 g/mol. The standard InChI is InChI=1S/C60H37N3/c1-3-19-38(20-4-1)54-37-55(39-21-5-2-6-22-39)62-58(61-54)63-56-34-18-11-27-44(56)45-35-52-53(36-57(45)63)60(48-30-14-9-25-42(48)43-26-10-15-31-49(43)60)51-33-17-16-32-50(51)59(52)46-28-12-7-23-40(46)41-24-8-13-29-47(41)59/h1-37H. The third-order valence-corrected chi connectivity index (χ3v) is 14.3. The van der Waals surface area contributed by atoms with Crippen LogP contribution >= 0.6 is 0 Å². The van der Waals surface area contributed by atoms with Gasteiger partial charge < -0.3 is 0 Å². The fourth-order valence-corrected chi connectivity index (χ4v) is 12.0. The van der Waals surface area contributed by atoms with E-state index in [9.17, 15) is 0 Å². The molecule has 0 N–H and O–H groups in total. The van der Waals surface area contributed by atoms with Crippen LogP contribution in [0.15, 0.2) is 224 Å². The first-order chi connectivity index (χ1) is 31.3. The fourth-order valence-electron chi connectivity index (χ4n) is 12.0. The quantitative estimate of drug-likeness (QED) is 0.178. The third-order valence-electron chi connectivity index (χ3n) is 14.3. The van der Waals surface area contributed by atoms with E-state index in [2.05, 4.69) is 229 Å². The Bertz CT molecular complexity index is 3540. The van der Waals surface area contributed by atoms with Crippen molar-refractivity contribution in [2.24, 2.45) is 0 Å². The molecule has 0 saturated heterocycles. The van der Waals surface area contributed by atoms with Crippen LogP contribution < -0.4 is 0 Å². The molecule has 3 heteroatoms. The summed E-state index contributed by atoms with van der Waals surface area (Å²) in [5, 5.41) is 2.34. The maximum absolute atomic E-state index is 5.46. The average molecular weight is 800 g/mol. The number of fused-ring (bicyclic) bond motifs is 19. The Morgan fingerprint density at radius 3 is 1.14 bits per heavy atom. The molecule has 0 amide bonds. The molecule has 292 valence electrons. The van der Waals surface area contributed by atoms with Gasteiger partial charge in [-0.2, -0.15) is 0 Å². The highest BCUT2D eigenvalue weighted by Crippen LogP contribution is 2.67. The second kappa shape index (κ2) is 12.7. The van der Waals surface area contributed by atoms with Gasteiger partial charge in [-0.3, -0.25) is 4.57 Å². The zero-order valence-electron chi connectivity index (χ0n) is 34.2. The van der Waals surface area contributed by atoms with Crippen molar-refractivity contribution in [1.29, 1.82) is 0 Å². The molecule has 0 unspecified atom stereocenters. The van der Waals surface area contributed by atoms with Crippen molar-refractivity contribution in [2.75, 3.05) is 0 Å². The van der Waals surface area contributed by atoms with Gasteiger partial charge >= 0.3 is 0 Å². The molecule has 2 heterocycles. The van der Waals surface area contributed by atoms with Gasteiger partial charge in [0.15, 0.2) is 0 Å². The van der Waals surface area contributed by atoms with Crippen LogP contribution in [0.25, 0.3) is 72.5 Å². The van der Waals surface area contributed by atoms with Crippen molar-refractivity contribution in [1.82, 2.24) is 14.5 Å². The normalized spacial score (nSPS) is 14.3. The van der Waals surface area contributed by atoms with E-state index in [-0.39, 0.29) is 0 Å². The van der Waals surface area contributed by atoms with Crippen LogP contribution in [0.1, 0.15) is 44.5 Å². The van der Waals surface area contributed by atoms with Crippen LogP contribution in [-0.4, -0.2) is 14.5 Å². The van der Waals surface area contributed by atoms with E-state index in [0.717, 1.165) is 33.5 Å². The van der Waals surface area contributed by atoms with Gasteiger partial charge in [0.25, 0.3) is 0 Å². The molecule has 0 radical (unpaired) electrons. The minimum atomic E-state index is -0.617. The van der Waals surface area contributed by atoms with Gasteiger partial charge in [0.2, 0.25) is 5.95 Å². The summed E-state index contributed by atoms with van der Waals surface area (Å²) in [7, 11) is 0. The number of hydrogen-bond donors (Lipinski definition) is 0. The highest BCUT2D eigenvalue weighted by molar-refractivity contribution is 6.11. The molecule has 3 nitrogen and oxygen atoms in total. The van der Waals surface area contributed by atoms with E-state index >= 15 is 0 Å². The molecule has 0 bridgehead atoms. The van der Waals surface area contributed by atoms with Crippen molar-refractivity contribution in [3.63, 3.8) is 0 Å². The average Bonchev–Trinajstić information content (AvgIpc) is 3.96. The molecule has 63 heavy (non-hydrogen) atoms.